The number of carbonyl (C=O) groups excluding carboxylic acids is 3. The van der Waals surface area contributed by atoms with Crippen molar-refractivity contribution < 1.29 is 34.1 Å². The normalized spacial score (nSPS) is 33.2. The second-order valence-electron chi connectivity index (χ2n) is 10.2. The van der Waals surface area contributed by atoms with Crippen LogP contribution in [-0.2, 0) is 19.1 Å². The number of fused-ring (bicyclic) bond motifs is 2. The fraction of sp³-hybridized carbons (Fsp3) is 0.739. The highest BCUT2D eigenvalue weighted by molar-refractivity contribution is 5.96. The Kier molecular flexibility index (Phi) is 7.36. The fourth-order valence-electron chi connectivity index (χ4n) is 4.53. The second-order valence-corrected chi connectivity index (χ2v) is 10.2. The van der Waals surface area contributed by atoms with Crippen molar-refractivity contribution >= 4 is 23.9 Å². The van der Waals surface area contributed by atoms with Gasteiger partial charge in [-0.05, 0) is 46.5 Å². The van der Waals surface area contributed by atoms with Crippen molar-refractivity contribution in [1.29, 1.82) is 0 Å². The van der Waals surface area contributed by atoms with Gasteiger partial charge in [-0.3, -0.25) is 9.59 Å². The van der Waals surface area contributed by atoms with E-state index in [0.717, 1.165) is 19.3 Å². The van der Waals surface area contributed by atoms with Gasteiger partial charge in [-0.15, -0.1) is 0 Å². The topological polar surface area (TPSA) is 145 Å². The summed E-state index contributed by atoms with van der Waals surface area (Å²) >= 11 is 0. The van der Waals surface area contributed by atoms with E-state index in [-0.39, 0.29) is 25.3 Å². The third kappa shape index (κ3) is 6.04. The first-order valence-corrected chi connectivity index (χ1v) is 11.6. The van der Waals surface area contributed by atoms with E-state index in [1.54, 1.807) is 20.8 Å². The van der Waals surface area contributed by atoms with Crippen molar-refractivity contribution in [3.8, 4) is 0 Å². The van der Waals surface area contributed by atoms with Crippen LogP contribution in [0.5, 0.6) is 0 Å². The maximum atomic E-state index is 13.4. The van der Waals surface area contributed by atoms with Gasteiger partial charge >= 0.3 is 12.1 Å². The molecule has 2 heterocycles. The Morgan fingerprint density at radius 1 is 1.24 bits per heavy atom. The van der Waals surface area contributed by atoms with E-state index in [1.807, 2.05) is 12.2 Å². The van der Waals surface area contributed by atoms with Crippen LogP contribution in [0, 0.1) is 5.92 Å². The van der Waals surface area contributed by atoms with Crippen LogP contribution < -0.4 is 10.6 Å². The predicted octanol–water partition coefficient (Wildman–Crippen LogP) is 1.32. The number of nitrogens with one attached hydrogen (secondary N) is 2. The quantitative estimate of drug-likeness (QED) is 0.450. The number of carboxylic acid groups (broad SMARTS) is 1. The molecule has 4 N–H and O–H groups in total. The number of nitrogens with zero attached hydrogens (tertiary/aromatic N) is 1. The van der Waals surface area contributed by atoms with Crippen molar-refractivity contribution in [1.82, 2.24) is 15.5 Å². The van der Waals surface area contributed by atoms with Gasteiger partial charge in [0.15, 0.2) is 0 Å². The SMILES string of the molecule is CC(C)(C)OC(=O)NC1CCCCCC=CC2CC2(C(=O)O)NC(=O)C2CC(O)CN2C1=O. The molecule has 10 nitrogen and oxygen atoms in total. The number of hydrogen-bond acceptors (Lipinski definition) is 6. The third-order valence-electron chi connectivity index (χ3n) is 6.33. The average molecular weight is 466 g/mol. The fourth-order valence-corrected chi connectivity index (χ4v) is 4.53. The molecule has 3 amide bonds. The summed E-state index contributed by atoms with van der Waals surface area (Å²) in [5, 5.41) is 25.2. The van der Waals surface area contributed by atoms with Gasteiger partial charge in [0.1, 0.15) is 23.2 Å². The zero-order valence-electron chi connectivity index (χ0n) is 19.5. The van der Waals surface area contributed by atoms with Gasteiger partial charge in [-0.1, -0.05) is 25.0 Å². The van der Waals surface area contributed by atoms with Gasteiger partial charge in [0.25, 0.3) is 0 Å². The second kappa shape index (κ2) is 9.70. The van der Waals surface area contributed by atoms with E-state index in [2.05, 4.69) is 10.6 Å². The minimum Gasteiger partial charge on any atom is -0.479 e. The van der Waals surface area contributed by atoms with Crippen LogP contribution in [0.15, 0.2) is 12.2 Å². The number of ether oxygens (including phenoxy) is 1. The van der Waals surface area contributed by atoms with Crippen molar-refractivity contribution in [3.63, 3.8) is 0 Å². The first kappa shape index (κ1) is 25.0. The lowest BCUT2D eigenvalue weighted by atomic mass is 10.0. The first-order chi connectivity index (χ1) is 15.4. The number of aliphatic carboxylic acids is 1. The van der Waals surface area contributed by atoms with Gasteiger partial charge < -0.3 is 30.5 Å². The van der Waals surface area contributed by atoms with E-state index in [1.165, 1.54) is 4.90 Å². The Labute approximate surface area is 193 Å². The first-order valence-electron chi connectivity index (χ1n) is 11.6. The molecule has 2 aliphatic heterocycles. The van der Waals surface area contributed by atoms with E-state index in [9.17, 15) is 29.4 Å². The molecule has 0 aromatic heterocycles. The Bertz CT molecular complexity index is 821. The largest absolute Gasteiger partial charge is 0.479 e. The molecule has 3 aliphatic rings. The van der Waals surface area contributed by atoms with Crippen LogP contribution in [0.3, 0.4) is 0 Å². The van der Waals surface area contributed by atoms with E-state index < -0.39 is 53.2 Å². The summed E-state index contributed by atoms with van der Waals surface area (Å²) in [6, 6.07) is -1.93. The van der Waals surface area contributed by atoms with Crippen molar-refractivity contribution in [2.45, 2.75) is 95.0 Å². The van der Waals surface area contributed by atoms with Crippen LogP contribution >= 0.6 is 0 Å². The minimum absolute atomic E-state index is 0.00688. The maximum Gasteiger partial charge on any atom is 0.408 e. The molecule has 33 heavy (non-hydrogen) atoms. The monoisotopic (exact) mass is 465 g/mol. The number of hydrogen-bond donors (Lipinski definition) is 4. The molecule has 0 bridgehead atoms. The highest BCUT2D eigenvalue weighted by Gasteiger charge is 2.61. The number of carboxylic acids is 1. The van der Waals surface area contributed by atoms with Gasteiger partial charge in [0, 0.05) is 18.9 Å². The lowest BCUT2D eigenvalue weighted by Gasteiger charge is -2.30. The van der Waals surface area contributed by atoms with Crippen molar-refractivity contribution in [2.24, 2.45) is 5.92 Å². The molecular weight excluding hydrogens is 430 g/mol. The van der Waals surface area contributed by atoms with Crippen molar-refractivity contribution in [2.75, 3.05) is 6.54 Å². The Hall–Kier alpha value is -2.62. The number of rotatable bonds is 2. The summed E-state index contributed by atoms with van der Waals surface area (Å²) in [7, 11) is 0. The minimum atomic E-state index is -1.38. The zero-order valence-corrected chi connectivity index (χ0v) is 19.5. The van der Waals surface area contributed by atoms with Gasteiger partial charge in [0.2, 0.25) is 11.8 Å². The molecule has 1 saturated carbocycles. The molecule has 1 aliphatic carbocycles. The number of aliphatic hydroxyl groups is 1. The van der Waals surface area contributed by atoms with Crippen LogP contribution in [-0.4, -0.2) is 74.9 Å². The molecule has 184 valence electrons. The molecule has 5 atom stereocenters. The van der Waals surface area contributed by atoms with Gasteiger partial charge in [-0.2, -0.15) is 0 Å². The van der Waals surface area contributed by atoms with E-state index >= 15 is 0 Å². The number of alkyl carbamates (subject to hydrolysis) is 1. The number of allylic oxidation sites excluding steroid dienone is 1. The summed E-state index contributed by atoms with van der Waals surface area (Å²) in [6.45, 7) is 5.10. The molecule has 0 spiro atoms. The van der Waals surface area contributed by atoms with E-state index in [4.69, 9.17) is 4.74 Å². The van der Waals surface area contributed by atoms with Crippen LogP contribution in [0.25, 0.3) is 0 Å². The number of carbonyl (C=O) groups is 4. The Morgan fingerprint density at radius 3 is 2.64 bits per heavy atom. The zero-order chi connectivity index (χ0) is 24.4. The lowest BCUT2D eigenvalue weighted by molar-refractivity contribution is -0.145. The molecular formula is C23H35N3O7. The molecule has 0 aromatic carbocycles. The summed E-state index contributed by atoms with van der Waals surface area (Å²) < 4.78 is 5.30. The smallest absolute Gasteiger partial charge is 0.408 e. The molecule has 3 rings (SSSR count). The van der Waals surface area contributed by atoms with Gasteiger partial charge in [-0.25, -0.2) is 9.59 Å². The number of aliphatic hydroxyl groups excluding tert-OH is 1. The molecule has 2 fully saturated rings. The average Bonchev–Trinajstić information content (AvgIpc) is 3.25. The van der Waals surface area contributed by atoms with Crippen LogP contribution in [0.2, 0.25) is 0 Å². The highest BCUT2D eigenvalue weighted by atomic mass is 16.6. The summed E-state index contributed by atoms with van der Waals surface area (Å²) in [4.78, 5) is 52.0. The molecule has 0 radical (unpaired) electrons. The molecule has 10 heteroatoms. The Morgan fingerprint density at radius 2 is 1.97 bits per heavy atom. The highest BCUT2D eigenvalue weighted by Crippen LogP contribution is 2.45. The summed E-state index contributed by atoms with van der Waals surface area (Å²) in [5.41, 5.74) is -2.12. The van der Waals surface area contributed by atoms with Crippen LogP contribution in [0.4, 0.5) is 4.79 Å². The standard InChI is InChI=1S/C23H35N3O7/c1-22(2,3)33-21(32)24-16-10-8-6-4-5-7-9-14-12-23(14,20(30)31)25-18(28)17-11-15(27)13-26(17)19(16)29/h7,9,14-17,27H,4-6,8,10-13H2,1-3H3,(H,24,32)(H,25,28)(H,30,31). The third-order valence-corrected chi connectivity index (χ3v) is 6.33. The van der Waals surface area contributed by atoms with Crippen LogP contribution in [0.1, 0.15) is 65.7 Å². The molecule has 0 aromatic rings. The van der Waals surface area contributed by atoms with Gasteiger partial charge in [0.05, 0.1) is 6.10 Å². The maximum absolute atomic E-state index is 13.4. The lowest BCUT2D eigenvalue weighted by Crippen LogP contribution is -2.56. The summed E-state index contributed by atoms with van der Waals surface area (Å²) in [5.74, 6) is -2.51. The molecule has 1 saturated heterocycles. The Balaban J connectivity index is 1.83. The summed E-state index contributed by atoms with van der Waals surface area (Å²) in [6.07, 6.45) is 5.91. The number of amides is 3. The predicted molar refractivity (Wildman–Crippen MR) is 118 cm³/mol. The van der Waals surface area contributed by atoms with Crippen molar-refractivity contribution in [3.05, 3.63) is 12.2 Å². The molecule has 5 unspecified atom stereocenters. The van der Waals surface area contributed by atoms with E-state index in [0.29, 0.717) is 12.8 Å².